The predicted molar refractivity (Wildman–Crippen MR) is 78.2 cm³/mol. The molecule has 1 rings (SSSR count). The molecule has 0 spiro atoms. The number of methoxy groups -OCH3 is 1. The lowest BCUT2D eigenvalue weighted by atomic mass is 9.88. The predicted octanol–water partition coefficient (Wildman–Crippen LogP) is 3.54. The van der Waals surface area contributed by atoms with Gasteiger partial charge in [-0.05, 0) is 25.0 Å². The maximum Gasteiger partial charge on any atom is 0.146 e. The molecule has 0 bridgehead atoms. The minimum Gasteiger partial charge on any atom is -0.497 e. The van der Waals surface area contributed by atoms with E-state index >= 15 is 0 Å². The molecular weight excluding hydrogens is 243 g/mol. The summed E-state index contributed by atoms with van der Waals surface area (Å²) < 4.78 is 19.0. The van der Waals surface area contributed by atoms with Gasteiger partial charge in [0.05, 0.1) is 12.8 Å². The van der Waals surface area contributed by atoms with Gasteiger partial charge in [0.15, 0.2) is 0 Å². The van der Waals surface area contributed by atoms with Gasteiger partial charge in [-0.1, -0.05) is 26.7 Å². The van der Waals surface area contributed by atoms with Crippen LogP contribution in [0.3, 0.4) is 0 Å². The van der Waals surface area contributed by atoms with Crippen LogP contribution in [0.4, 0.5) is 10.1 Å². The first kappa shape index (κ1) is 15.8. The van der Waals surface area contributed by atoms with E-state index in [4.69, 9.17) is 10.5 Å². The Balaban J connectivity index is 3.00. The maximum atomic E-state index is 13.9. The second-order valence-electron chi connectivity index (χ2n) is 4.96. The highest BCUT2D eigenvalue weighted by atomic mass is 19.1. The zero-order chi connectivity index (χ0) is 14.3. The quantitative estimate of drug-likeness (QED) is 0.758. The van der Waals surface area contributed by atoms with Crippen LogP contribution >= 0.6 is 0 Å². The molecule has 0 unspecified atom stereocenters. The number of hydrogen-bond acceptors (Lipinski definition) is 3. The molecule has 0 fully saturated rings. The lowest BCUT2D eigenvalue weighted by molar-refractivity contribution is 0.396. The van der Waals surface area contributed by atoms with Crippen LogP contribution in [0.1, 0.15) is 39.5 Å². The van der Waals surface area contributed by atoms with Gasteiger partial charge in [0.1, 0.15) is 11.6 Å². The molecule has 0 radical (unpaired) electrons. The van der Waals surface area contributed by atoms with Crippen LogP contribution in [-0.4, -0.2) is 19.2 Å². The minimum absolute atomic E-state index is 0.239. The van der Waals surface area contributed by atoms with E-state index in [1.54, 1.807) is 19.2 Å². The molecule has 1 aromatic rings. The number of anilines is 1. The SMILES string of the molecule is CCCC(CN)(CCC)Nc1cc(OC)ccc1F. The number of rotatable bonds is 8. The Kier molecular flexibility index (Phi) is 6.09. The molecule has 1 aromatic carbocycles. The number of ether oxygens (including phenoxy) is 1. The lowest BCUT2D eigenvalue weighted by Gasteiger charge is -2.34. The Morgan fingerprint density at radius 1 is 1.26 bits per heavy atom. The fourth-order valence-electron chi connectivity index (χ4n) is 2.48. The molecule has 3 nitrogen and oxygen atoms in total. The second-order valence-corrected chi connectivity index (χ2v) is 4.96. The summed E-state index contributed by atoms with van der Waals surface area (Å²) in [7, 11) is 1.57. The third kappa shape index (κ3) is 4.10. The highest BCUT2D eigenvalue weighted by molar-refractivity contribution is 5.51. The molecule has 0 aliphatic rings. The Bertz CT molecular complexity index is 390. The minimum atomic E-state index is -0.272. The average Bonchev–Trinajstić information content (AvgIpc) is 2.41. The molecule has 0 aromatic heterocycles. The Morgan fingerprint density at radius 3 is 2.37 bits per heavy atom. The molecule has 0 aliphatic heterocycles. The zero-order valence-corrected chi connectivity index (χ0v) is 12.1. The van der Waals surface area contributed by atoms with E-state index < -0.39 is 0 Å². The second kappa shape index (κ2) is 7.34. The van der Waals surface area contributed by atoms with E-state index in [0.717, 1.165) is 25.7 Å². The van der Waals surface area contributed by atoms with Gasteiger partial charge in [0.2, 0.25) is 0 Å². The van der Waals surface area contributed by atoms with Crippen LogP contribution in [0.2, 0.25) is 0 Å². The van der Waals surface area contributed by atoms with Gasteiger partial charge in [0.25, 0.3) is 0 Å². The van der Waals surface area contributed by atoms with Gasteiger partial charge in [-0.15, -0.1) is 0 Å². The van der Waals surface area contributed by atoms with Crippen LogP contribution in [0.5, 0.6) is 5.75 Å². The molecule has 4 heteroatoms. The highest BCUT2D eigenvalue weighted by Crippen LogP contribution is 2.28. The van der Waals surface area contributed by atoms with Crippen molar-refractivity contribution in [2.75, 3.05) is 19.0 Å². The van der Waals surface area contributed by atoms with Crippen LogP contribution < -0.4 is 15.8 Å². The summed E-state index contributed by atoms with van der Waals surface area (Å²) in [6.45, 7) is 4.72. The number of halogens is 1. The molecule has 0 saturated carbocycles. The first-order chi connectivity index (χ1) is 9.10. The first-order valence-corrected chi connectivity index (χ1v) is 6.92. The summed E-state index contributed by atoms with van der Waals surface area (Å²) in [5, 5.41) is 3.31. The van der Waals surface area contributed by atoms with Crippen LogP contribution in [-0.2, 0) is 0 Å². The van der Waals surface area contributed by atoms with E-state index in [2.05, 4.69) is 19.2 Å². The van der Waals surface area contributed by atoms with Gasteiger partial charge >= 0.3 is 0 Å². The van der Waals surface area contributed by atoms with Crippen molar-refractivity contribution in [1.29, 1.82) is 0 Å². The molecule has 0 aliphatic carbocycles. The average molecular weight is 268 g/mol. The van der Waals surface area contributed by atoms with E-state index in [0.29, 0.717) is 18.0 Å². The van der Waals surface area contributed by atoms with Gasteiger partial charge in [0, 0.05) is 18.2 Å². The third-order valence-corrected chi connectivity index (χ3v) is 3.42. The molecule has 0 atom stereocenters. The Labute approximate surface area is 115 Å². The summed E-state index contributed by atoms with van der Waals surface area (Å²) in [5.74, 6) is 0.369. The summed E-state index contributed by atoms with van der Waals surface area (Å²) in [6, 6.07) is 4.72. The third-order valence-electron chi connectivity index (χ3n) is 3.42. The standard InChI is InChI=1S/C15H25FN2O/c1-4-8-15(11-17,9-5-2)18-14-10-12(19-3)6-7-13(14)16/h6-7,10,18H,4-5,8-9,11,17H2,1-3H3. The largest absolute Gasteiger partial charge is 0.497 e. The monoisotopic (exact) mass is 268 g/mol. The summed E-state index contributed by atoms with van der Waals surface area (Å²) in [4.78, 5) is 0. The fraction of sp³-hybridized carbons (Fsp3) is 0.600. The van der Waals surface area contributed by atoms with Crippen molar-refractivity contribution in [2.45, 2.75) is 45.1 Å². The van der Waals surface area contributed by atoms with Crippen molar-refractivity contribution in [3.8, 4) is 5.75 Å². The molecule has 0 amide bonds. The van der Waals surface area contributed by atoms with Gasteiger partial charge < -0.3 is 15.8 Å². The molecule has 3 N–H and O–H groups in total. The Hall–Kier alpha value is -1.29. The molecular formula is C15H25FN2O. The van der Waals surface area contributed by atoms with Crippen LogP contribution in [0, 0.1) is 5.82 Å². The van der Waals surface area contributed by atoms with Crippen LogP contribution in [0.25, 0.3) is 0 Å². The van der Waals surface area contributed by atoms with Crippen molar-refractivity contribution in [3.63, 3.8) is 0 Å². The van der Waals surface area contributed by atoms with Gasteiger partial charge in [-0.3, -0.25) is 0 Å². The van der Waals surface area contributed by atoms with Gasteiger partial charge in [-0.25, -0.2) is 4.39 Å². The number of nitrogens with one attached hydrogen (secondary N) is 1. The van der Waals surface area contributed by atoms with Crippen molar-refractivity contribution in [2.24, 2.45) is 5.73 Å². The summed E-state index contributed by atoms with van der Waals surface area (Å²) >= 11 is 0. The van der Waals surface area contributed by atoms with E-state index in [-0.39, 0.29) is 11.4 Å². The molecule has 0 saturated heterocycles. The lowest BCUT2D eigenvalue weighted by Crippen LogP contribution is -2.45. The molecule has 19 heavy (non-hydrogen) atoms. The van der Waals surface area contributed by atoms with E-state index in [1.165, 1.54) is 6.07 Å². The zero-order valence-electron chi connectivity index (χ0n) is 12.1. The Morgan fingerprint density at radius 2 is 1.89 bits per heavy atom. The fourth-order valence-corrected chi connectivity index (χ4v) is 2.48. The topological polar surface area (TPSA) is 47.3 Å². The van der Waals surface area contributed by atoms with Crippen molar-refractivity contribution >= 4 is 5.69 Å². The van der Waals surface area contributed by atoms with Crippen molar-refractivity contribution in [3.05, 3.63) is 24.0 Å². The summed E-state index contributed by atoms with van der Waals surface area (Å²) in [5.41, 5.74) is 6.16. The van der Waals surface area contributed by atoms with E-state index in [9.17, 15) is 4.39 Å². The van der Waals surface area contributed by atoms with Crippen molar-refractivity contribution < 1.29 is 9.13 Å². The van der Waals surface area contributed by atoms with Gasteiger partial charge in [-0.2, -0.15) is 0 Å². The van der Waals surface area contributed by atoms with Crippen LogP contribution in [0.15, 0.2) is 18.2 Å². The van der Waals surface area contributed by atoms with E-state index in [1.807, 2.05) is 0 Å². The highest BCUT2D eigenvalue weighted by Gasteiger charge is 2.27. The van der Waals surface area contributed by atoms with Crippen molar-refractivity contribution in [1.82, 2.24) is 0 Å². The molecule has 0 heterocycles. The molecule has 108 valence electrons. The normalized spacial score (nSPS) is 11.4. The number of nitrogens with two attached hydrogens (primary N) is 1. The maximum absolute atomic E-state index is 13.9. The first-order valence-electron chi connectivity index (χ1n) is 6.92. The number of hydrogen-bond donors (Lipinski definition) is 2. The summed E-state index contributed by atoms with van der Waals surface area (Å²) in [6.07, 6.45) is 3.87. The smallest absolute Gasteiger partial charge is 0.146 e. The number of benzene rings is 1.